The van der Waals surface area contributed by atoms with Crippen LogP contribution in [-0.4, -0.2) is 24.9 Å². The summed E-state index contributed by atoms with van der Waals surface area (Å²) in [5, 5.41) is 1.65. The van der Waals surface area contributed by atoms with Gasteiger partial charge in [0.05, 0.1) is 5.69 Å². The summed E-state index contributed by atoms with van der Waals surface area (Å²) < 4.78 is 60.0. The van der Waals surface area contributed by atoms with Crippen LogP contribution in [0, 0.1) is 0 Å². The van der Waals surface area contributed by atoms with Crippen molar-refractivity contribution < 1.29 is 31.8 Å². The van der Waals surface area contributed by atoms with Crippen LogP contribution in [0.3, 0.4) is 0 Å². The van der Waals surface area contributed by atoms with E-state index in [2.05, 4.69) is 4.74 Å². The fraction of sp³-hybridized carbons (Fsp3) is 0.214. The molecule has 124 valence electrons. The van der Waals surface area contributed by atoms with Crippen molar-refractivity contribution in [3.63, 3.8) is 0 Å². The van der Waals surface area contributed by atoms with Crippen molar-refractivity contribution in [1.29, 1.82) is 0 Å². The Morgan fingerprint density at radius 2 is 2.00 bits per heavy atom. The minimum atomic E-state index is -4.35. The number of nitrogen functional groups attached to an aromatic ring is 1. The zero-order valence-electron chi connectivity index (χ0n) is 11.5. The van der Waals surface area contributed by atoms with Crippen LogP contribution in [0.2, 0.25) is 0 Å². The van der Waals surface area contributed by atoms with Gasteiger partial charge in [0.2, 0.25) is 0 Å². The highest BCUT2D eigenvalue weighted by Crippen LogP contribution is 2.35. The molecule has 2 N–H and O–H groups in total. The van der Waals surface area contributed by atoms with Crippen LogP contribution in [0.15, 0.2) is 35.7 Å². The average molecular weight is 349 g/mol. The van der Waals surface area contributed by atoms with Crippen LogP contribution in [0.4, 0.5) is 23.2 Å². The van der Waals surface area contributed by atoms with Gasteiger partial charge in [-0.2, -0.15) is 8.78 Å². The number of alkyl halides is 4. The number of benzene rings is 1. The Bertz CT molecular complexity index is 677. The minimum Gasteiger partial charge on any atom is -0.481 e. The maximum atomic E-state index is 13.0. The van der Waals surface area contributed by atoms with Crippen molar-refractivity contribution in [3.05, 3.63) is 40.6 Å². The zero-order valence-corrected chi connectivity index (χ0v) is 12.3. The van der Waals surface area contributed by atoms with Crippen molar-refractivity contribution in [2.45, 2.75) is 12.3 Å². The maximum absolute atomic E-state index is 13.0. The summed E-state index contributed by atoms with van der Waals surface area (Å²) in [5.74, 6) is -5.71. The molecule has 0 aliphatic carbocycles. The van der Waals surface area contributed by atoms with Gasteiger partial charge in [-0.1, -0.05) is 12.1 Å². The number of anilines is 1. The second kappa shape index (κ2) is 6.86. The molecule has 0 aliphatic rings. The quantitative estimate of drug-likeness (QED) is 0.373. The number of para-hydroxylation sites is 1. The molecule has 0 atom stereocenters. The lowest BCUT2D eigenvalue weighted by Gasteiger charge is -2.18. The number of ether oxygens (including phenoxy) is 2. The second-order valence-electron chi connectivity index (χ2n) is 4.39. The van der Waals surface area contributed by atoms with E-state index < -0.39 is 30.7 Å². The highest BCUT2D eigenvalue weighted by Gasteiger charge is 2.42. The van der Waals surface area contributed by atoms with E-state index in [-0.39, 0.29) is 16.3 Å². The van der Waals surface area contributed by atoms with Crippen LogP contribution in [0.25, 0.3) is 0 Å². The Morgan fingerprint density at radius 1 is 1.26 bits per heavy atom. The number of halogens is 4. The van der Waals surface area contributed by atoms with E-state index in [0.29, 0.717) is 0 Å². The number of carbonyl (C=O) groups is 1. The lowest BCUT2D eigenvalue weighted by Crippen LogP contribution is -2.34. The van der Waals surface area contributed by atoms with Gasteiger partial charge in [0.25, 0.3) is 0 Å². The smallest absolute Gasteiger partial charge is 0.353 e. The van der Waals surface area contributed by atoms with Crippen LogP contribution in [0.1, 0.15) is 9.67 Å². The molecule has 2 rings (SSSR count). The maximum Gasteiger partial charge on any atom is 0.353 e. The number of esters is 1. The Labute approximate surface area is 132 Å². The summed E-state index contributed by atoms with van der Waals surface area (Å²) in [7, 11) is 0. The molecule has 0 radical (unpaired) electrons. The van der Waals surface area contributed by atoms with Crippen LogP contribution in [0.5, 0.6) is 11.5 Å². The first-order valence-electron chi connectivity index (χ1n) is 6.24. The van der Waals surface area contributed by atoms with Gasteiger partial charge in [0.15, 0.2) is 18.1 Å². The van der Waals surface area contributed by atoms with Crippen molar-refractivity contribution in [1.82, 2.24) is 0 Å². The molecule has 4 nitrogen and oxygen atoms in total. The lowest BCUT2D eigenvalue weighted by molar-refractivity contribution is -0.148. The minimum absolute atomic E-state index is 0.119. The van der Waals surface area contributed by atoms with Crippen LogP contribution in [-0.2, 0) is 0 Å². The van der Waals surface area contributed by atoms with Gasteiger partial charge >= 0.3 is 18.3 Å². The molecule has 0 amide bonds. The topological polar surface area (TPSA) is 61.5 Å². The molecular weight excluding hydrogens is 338 g/mol. The van der Waals surface area contributed by atoms with E-state index in [1.807, 2.05) is 0 Å². The third-order valence-electron chi connectivity index (χ3n) is 2.66. The van der Waals surface area contributed by atoms with E-state index in [1.54, 1.807) is 11.4 Å². The first-order valence-corrected chi connectivity index (χ1v) is 7.12. The largest absolute Gasteiger partial charge is 0.481 e. The van der Waals surface area contributed by atoms with Crippen molar-refractivity contribution >= 4 is 23.0 Å². The first-order chi connectivity index (χ1) is 10.8. The molecule has 1 aromatic heterocycles. The normalized spacial score (nSPS) is 11.5. The fourth-order valence-corrected chi connectivity index (χ4v) is 2.14. The van der Waals surface area contributed by atoms with Crippen molar-refractivity contribution in [2.24, 2.45) is 0 Å². The van der Waals surface area contributed by atoms with Crippen molar-refractivity contribution in [2.75, 3.05) is 12.3 Å². The zero-order chi connectivity index (χ0) is 17.0. The van der Waals surface area contributed by atoms with Gasteiger partial charge in [-0.3, -0.25) is 0 Å². The van der Waals surface area contributed by atoms with E-state index in [0.717, 1.165) is 11.3 Å². The van der Waals surface area contributed by atoms with E-state index in [9.17, 15) is 22.4 Å². The highest BCUT2D eigenvalue weighted by atomic mass is 32.1. The molecule has 0 saturated carbocycles. The molecule has 0 saturated heterocycles. The Morgan fingerprint density at radius 3 is 2.61 bits per heavy atom. The van der Waals surface area contributed by atoms with Gasteiger partial charge in [-0.25, -0.2) is 13.6 Å². The fourth-order valence-electron chi connectivity index (χ4n) is 1.54. The Hall–Kier alpha value is -2.29. The van der Waals surface area contributed by atoms with Crippen molar-refractivity contribution in [3.8, 4) is 11.5 Å². The van der Waals surface area contributed by atoms with Gasteiger partial charge < -0.3 is 15.2 Å². The van der Waals surface area contributed by atoms with E-state index in [1.165, 1.54) is 24.3 Å². The Balaban J connectivity index is 2.18. The molecule has 0 unspecified atom stereocenters. The molecule has 2 aromatic rings. The van der Waals surface area contributed by atoms with Gasteiger partial charge in [-0.05, 0) is 23.6 Å². The van der Waals surface area contributed by atoms with Gasteiger partial charge in [0, 0.05) is 0 Å². The Kier molecular flexibility index (Phi) is 5.09. The predicted octanol–water partition coefficient (Wildman–Crippen LogP) is 3.83. The molecule has 0 fully saturated rings. The standard InChI is InChI=1S/C14H11F4NO3S/c15-13(16)14(17,18)7-21-11-8(19)3-1-4-9(11)22-12(20)10-5-2-6-23-10/h1-6,13H,7,19H2. The van der Waals surface area contributed by atoms with Crippen LogP contribution >= 0.6 is 11.3 Å². The number of nitrogens with two attached hydrogens (primary N) is 1. The molecule has 0 spiro atoms. The summed E-state index contributed by atoms with van der Waals surface area (Å²) in [6.45, 7) is -1.59. The number of carbonyl (C=O) groups excluding carboxylic acids is 1. The molecule has 0 bridgehead atoms. The summed E-state index contributed by atoms with van der Waals surface area (Å²) in [6, 6.07) is 7.10. The first kappa shape index (κ1) is 17.1. The number of thiophene rings is 1. The average Bonchev–Trinajstić information content (AvgIpc) is 3.00. The number of rotatable bonds is 6. The molecule has 1 aromatic carbocycles. The number of hydrogen-bond donors (Lipinski definition) is 1. The molecule has 1 heterocycles. The molecule has 0 aliphatic heterocycles. The summed E-state index contributed by atoms with van der Waals surface area (Å²) in [6.07, 6.45) is -3.88. The molecular formula is C14H11F4NO3S. The third-order valence-corrected chi connectivity index (χ3v) is 3.51. The summed E-state index contributed by atoms with van der Waals surface area (Å²) in [5.41, 5.74) is 5.46. The number of hydrogen-bond acceptors (Lipinski definition) is 5. The summed E-state index contributed by atoms with van der Waals surface area (Å²) >= 11 is 1.12. The second-order valence-corrected chi connectivity index (χ2v) is 5.34. The summed E-state index contributed by atoms with van der Waals surface area (Å²) in [4.78, 5) is 12.1. The van der Waals surface area contributed by atoms with Gasteiger partial charge in [-0.15, -0.1) is 11.3 Å². The monoisotopic (exact) mass is 349 g/mol. The third kappa shape index (κ3) is 4.13. The predicted molar refractivity (Wildman–Crippen MR) is 76.6 cm³/mol. The highest BCUT2D eigenvalue weighted by molar-refractivity contribution is 7.12. The van der Waals surface area contributed by atoms with Crippen LogP contribution < -0.4 is 15.2 Å². The SMILES string of the molecule is Nc1cccc(OC(=O)c2cccs2)c1OCC(F)(F)C(F)F. The van der Waals surface area contributed by atoms with E-state index >= 15 is 0 Å². The lowest BCUT2D eigenvalue weighted by atomic mass is 10.2. The van der Waals surface area contributed by atoms with Gasteiger partial charge in [0.1, 0.15) is 4.88 Å². The van der Waals surface area contributed by atoms with E-state index in [4.69, 9.17) is 10.5 Å². The molecule has 23 heavy (non-hydrogen) atoms. The molecule has 9 heteroatoms.